The molecule has 3 N–H and O–H groups in total. The quantitative estimate of drug-likeness (QED) is 0.408. The molecule has 0 saturated heterocycles. The molecule has 0 fully saturated rings. The van der Waals surface area contributed by atoms with Gasteiger partial charge in [0.25, 0.3) is 0 Å². The third-order valence-corrected chi connectivity index (χ3v) is 5.27. The van der Waals surface area contributed by atoms with Gasteiger partial charge in [0.15, 0.2) is 16.8 Å². The maximum Gasteiger partial charge on any atom is 0.224 e. The molecule has 7 heteroatoms. The number of phenols is 1. The minimum Gasteiger partial charge on any atom is -0.502 e. The Hall–Kier alpha value is -3.19. The molecule has 0 spiro atoms. The van der Waals surface area contributed by atoms with Crippen LogP contribution in [0.25, 0.3) is 44.2 Å². The van der Waals surface area contributed by atoms with E-state index >= 15 is 0 Å². The molecule has 0 aliphatic heterocycles. The van der Waals surface area contributed by atoms with Crippen molar-refractivity contribution in [1.29, 1.82) is 0 Å². The summed E-state index contributed by atoms with van der Waals surface area (Å²) in [6.07, 6.45) is 3.85. The van der Waals surface area contributed by atoms with Gasteiger partial charge < -0.3 is 14.6 Å². The van der Waals surface area contributed by atoms with E-state index in [1.54, 1.807) is 17.8 Å². The zero-order chi connectivity index (χ0) is 17.8. The highest BCUT2D eigenvalue weighted by Gasteiger charge is 2.20. The highest BCUT2D eigenvalue weighted by atomic mass is 32.2. The minimum atomic E-state index is -0.471. The molecule has 0 aliphatic carbocycles. The van der Waals surface area contributed by atoms with Crippen LogP contribution in [0.15, 0.2) is 56.7 Å². The van der Waals surface area contributed by atoms with Crippen LogP contribution in [0.5, 0.6) is 5.75 Å². The molecule has 2 aromatic carbocycles. The van der Waals surface area contributed by atoms with E-state index in [9.17, 15) is 9.90 Å². The molecular formula is C19H13N3O3S. The average molecular weight is 363 g/mol. The summed E-state index contributed by atoms with van der Waals surface area (Å²) in [7, 11) is 0. The Morgan fingerprint density at radius 1 is 1.08 bits per heavy atom. The Morgan fingerprint density at radius 2 is 1.88 bits per heavy atom. The van der Waals surface area contributed by atoms with Crippen molar-refractivity contribution in [3.8, 4) is 16.9 Å². The number of H-pyrrole nitrogens is 2. The van der Waals surface area contributed by atoms with Crippen molar-refractivity contribution < 1.29 is 9.52 Å². The Labute approximate surface area is 150 Å². The van der Waals surface area contributed by atoms with E-state index in [4.69, 9.17) is 4.42 Å². The van der Waals surface area contributed by atoms with E-state index in [1.165, 1.54) is 6.07 Å². The maximum absolute atomic E-state index is 11.8. The largest absolute Gasteiger partial charge is 0.502 e. The number of hydrogen-bond acceptors (Lipinski definition) is 5. The lowest BCUT2D eigenvalue weighted by atomic mass is 10.0. The van der Waals surface area contributed by atoms with Crippen molar-refractivity contribution in [2.24, 2.45) is 0 Å². The number of aromatic nitrogens is 3. The molecule has 128 valence electrons. The first kappa shape index (κ1) is 15.1. The van der Waals surface area contributed by atoms with Gasteiger partial charge in [-0.1, -0.05) is 12.1 Å². The van der Waals surface area contributed by atoms with Gasteiger partial charge in [-0.15, -0.1) is 11.8 Å². The van der Waals surface area contributed by atoms with Gasteiger partial charge in [0.2, 0.25) is 11.2 Å². The number of fused-ring (bicyclic) bond motifs is 4. The molecule has 0 bridgehead atoms. The zero-order valence-corrected chi connectivity index (χ0v) is 14.5. The monoisotopic (exact) mass is 363 g/mol. The van der Waals surface area contributed by atoms with Crippen LogP contribution in [-0.2, 0) is 0 Å². The van der Waals surface area contributed by atoms with E-state index in [-0.39, 0.29) is 11.3 Å². The number of nitrogens with zero attached hydrogens (tertiary/aromatic N) is 1. The fourth-order valence-corrected chi connectivity index (χ4v) is 3.67. The standard InChI is InChI=1S/C19H13N3O3S/c1-26-10-4-2-9(3-5-10)14-12-8-20-22-19(12)21-15-11-6-7-13(23)16(24)17(11)25-18(14)15/h2-8,24H,1H3,(H2,20,21,22). The SMILES string of the molecule is CSc1ccc(-c2c3c[nH][nH]c3nc3c2oc2c(O)c(=O)ccc23)cc1. The predicted octanol–water partition coefficient (Wildman–Crippen LogP) is 4.25. The number of thioether (sulfide) groups is 1. The number of hydrogen-bond donors (Lipinski definition) is 3. The molecule has 0 amide bonds. The molecule has 0 saturated carbocycles. The lowest BCUT2D eigenvalue weighted by Gasteiger charge is -2.05. The normalized spacial score (nSPS) is 11.7. The van der Waals surface area contributed by atoms with Crippen LogP contribution in [0.2, 0.25) is 0 Å². The first-order valence-corrected chi connectivity index (χ1v) is 9.18. The second-order valence-corrected chi connectivity index (χ2v) is 6.84. The summed E-state index contributed by atoms with van der Waals surface area (Å²) in [4.78, 5) is 17.6. The molecule has 5 rings (SSSR count). The third kappa shape index (κ3) is 2.01. The van der Waals surface area contributed by atoms with Gasteiger partial charge in [-0.3, -0.25) is 9.89 Å². The number of pyridine rings is 1. The van der Waals surface area contributed by atoms with Crippen LogP contribution in [0.1, 0.15) is 0 Å². The van der Waals surface area contributed by atoms with Gasteiger partial charge in [0, 0.05) is 22.0 Å². The van der Waals surface area contributed by atoms with Crippen molar-refractivity contribution in [3.05, 3.63) is 52.8 Å². The highest BCUT2D eigenvalue weighted by Crippen LogP contribution is 2.40. The number of aromatic amines is 2. The molecule has 0 unspecified atom stereocenters. The summed E-state index contributed by atoms with van der Waals surface area (Å²) in [6, 6.07) is 11.1. The first-order valence-electron chi connectivity index (χ1n) is 7.95. The molecule has 0 atom stereocenters. The maximum atomic E-state index is 11.8. The van der Waals surface area contributed by atoms with Crippen molar-refractivity contribution in [1.82, 2.24) is 15.2 Å². The summed E-state index contributed by atoms with van der Waals surface area (Å²) < 4.78 is 5.94. The van der Waals surface area contributed by atoms with Crippen LogP contribution in [0.4, 0.5) is 0 Å². The van der Waals surface area contributed by atoms with Crippen LogP contribution in [0, 0.1) is 0 Å². The van der Waals surface area contributed by atoms with E-state index in [0.717, 1.165) is 21.4 Å². The van der Waals surface area contributed by atoms with Crippen molar-refractivity contribution >= 4 is 44.9 Å². The van der Waals surface area contributed by atoms with Gasteiger partial charge in [-0.05, 0) is 36.1 Å². The summed E-state index contributed by atoms with van der Waals surface area (Å²) in [5.74, 6) is -0.389. The Morgan fingerprint density at radius 3 is 2.65 bits per heavy atom. The van der Waals surface area contributed by atoms with E-state index < -0.39 is 5.43 Å². The molecule has 5 aromatic rings. The molecular weight excluding hydrogens is 350 g/mol. The van der Waals surface area contributed by atoms with Gasteiger partial charge in [-0.25, -0.2) is 4.98 Å². The topological polar surface area (TPSA) is 94.9 Å². The highest BCUT2D eigenvalue weighted by molar-refractivity contribution is 7.98. The van der Waals surface area contributed by atoms with Crippen molar-refractivity contribution in [2.75, 3.05) is 6.26 Å². The van der Waals surface area contributed by atoms with Crippen LogP contribution in [-0.4, -0.2) is 26.5 Å². The first-order chi connectivity index (χ1) is 12.7. The zero-order valence-electron chi connectivity index (χ0n) is 13.7. The molecule has 3 heterocycles. The number of phenolic OH excluding ortho intramolecular Hbond substituents is 1. The average Bonchev–Trinajstić information content (AvgIpc) is 3.27. The van der Waals surface area contributed by atoms with Crippen LogP contribution < -0.4 is 5.43 Å². The van der Waals surface area contributed by atoms with Crippen LogP contribution >= 0.6 is 11.8 Å². The number of benzene rings is 2. The van der Waals surface area contributed by atoms with Gasteiger partial charge >= 0.3 is 0 Å². The molecule has 26 heavy (non-hydrogen) atoms. The smallest absolute Gasteiger partial charge is 0.224 e. The van der Waals surface area contributed by atoms with Gasteiger partial charge in [-0.2, -0.15) is 0 Å². The second kappa shape index (κ2) is 5.40. The summed E-state index contributed by atoms with van der Waals surface area (Å²) in [5, 5.41) is 17.6. The lowest BCUT2D eigenvalue weighted by molar-refractivity contribution is 0.464. The number of aromatic hydroxyl groups is 1. The minimum absolute atomic E-state index is 0.165. The van der Waals surface area contributed by atoms with Crippen LogP contribution in [0.3, 0.4) is 0 Å². The number of furan rings is 1. The number of nitrogens with one attached hydrogen (secondary N) is 2. The van der Waals surface area contributed by atoms with Gasteiger partial charge in [0.05, 0.1) is 5.39 Å². The van der Waals surface area contributed by atoms with E-state index in [0.29, 0.717) is 22.1 Å². The Kier molecular flexibility index (Phi) is 3.14. The lowest BCUT2D eigenvalue weighted by Crippen LogP contribution is -1.95. The molecule has 0 aliphatic rings. The fraction of sp³-hybridized carbons (Fsp3) is 0.0526. The van der Waals surface area contributed by atoms with Gasteiger partial charge in [0.1, 0.15) is 5.52 Å². The van der Waals surface area contributed by atoms with E-state index in [2.05, 4.69) is 15.2 Å². The third-order valence-electron chi connectivity index (χ3n) is 4.53. The Balaban J connectivity index is 1.96. The Bertz CT molecular complexity index is 1350. The predicted molar refractivity (Wildman–Crippen MR) is 103 cm³/mol. The summed E-state index contributed by atoms with van der Waals surface area (Å²) >= 11 is 1.67. The molecule has 3 aromatic heterocycles. The van der Waals surface area contributed by atoms with E-state index in [1.807, 2.05) is 36.7 Å². The number of rotatable bonds is 2. The molecule has 6 nitrogen and oxygen atoms in total. The summed E-state index contributed by atoms with van der Waals surface area (Å²) in [5.41, 5.74) is 3.34. The van der Waals surface area contributed by atoms with Crippen molar-refractivity contribution in [3.63, 3.8) is 0 Å². The van der Waals surface area contributed by atoms with Crippen molar-refractivity contribution in [2.45, 2.75) is 4.90 Å². The fourth-order valence-electron chi connectivity index (χ4n) is 3.27. The molecule has 0 radical (unpaired) electrons. The second-order valence-electron chi connectivity index (χ2n) is 5.96. The summed E-state index contributed by atoms with van der Waals surface area (Å²) in [6.45, 7) is 0.